The van der Waals surface area contributed by atoms with Crippen LogP contribution >= 0.6 is 0 Å². The van der Waals surface area contributed by atoms with Crippen molar-refractivity contribution in [3.63, 3.8) is 0 Å². The molecule has 1 aliphatic carbocycles. The van der Waals surface area contributed by atoms with Crippen LogP contribution in [-0.4, -0.2) is 34.3 Å². The molecule has 0 bridgehead atoms. The van der Waals surface area contributed by atoms with Crippen LogP contribution in [0.25, 0.3) is 11.0 Å². The van der Waals surface area contributed by atoms with Gasteiger partial charge in [0.1, 0.15) is 17.9 Å². The van der Waals surface area contributed by atoms with Gasteiger partial charge in [0, 0.05) is 29.6 Å². The Hall–Kier alpha value is -3.16. The summed E-state index contributed by atoms with van der Waals surface area (Å²) in [5.74, 6) is -1.45. The first-order chi connectivity index (χ1) is 13.9. The Morgan fingerprint density at radius 3 is 2.48 bits per heavy atom. The zero-order valence-corrected chi connectivity index (χ0v) is 15.8. The van der Waals surface area contributed by atoms with E-state index in [0.717, 1.165) is 25.7 Å². The number of carbonyl (C=O) groups is 3. The molecule has 4 rings (SSSR count). The van der Waals surface area contributed by atoms with Gasteiger partial charge in [0.2, 0.25) is 11.8 Å². The molecule has 1 aromatic heterocycles. The molecule has 2 fully saturated rings. The van der Waals surface area contributed by atoms with E-state index in [4.69, 9.17) is 9.15 Å². The first-order valence-electron chi connectivity index (χ1n) is 9.70. The molecule has 1 aliphatic heterocycles. The van der Waals surface area contributed by atoms with E-state index in [0.29, 0.717) is 10.9 Å². The standard InChI is InChI=1S/C21H21NO7/c23-13-5-6-14-12(9-19(25)29-17(14)10-13)11-28-18(24)7-8-22-20(26)15-3-1-2-4-16(15)21(22)27/h5-6,9-10,15-16,23H,1-4,7-8,11H2/t15-,16-/m1/s1. The maximum absolute atomic E-state index is 12.4. The van der Waals surface area contributed by atoms with Crippen LogP contribution in [-0.2, 0) is 25.7 Å². The SMILES string of the molecule is O=C(CCN1C(=O)[C@@H]2CCCC[C@H]2C1=O)OCc1cc(=O)oc2cc(O)ccc12. The third kappa shape index (κ3) is 3.74. The number of esters is 1. The van der Waals surface area contributed by atoms with Crippen molar-refractivity contribution in [2.24, 2.45) is 11.8 Å². The van der Waals surface area contributed by atoms with E-state index in [1.54, 1.807) is 6.07 Å². The average molecular weight is 399 g/mol. The number of ether oxygens (including phenoxy) is 1. The molecular weight excluding hydrogens is 378 g/mol. The number of benzene rings is 1. The Balaban J connectivity index is 1.38. The predicted molar refractivity (Wildman–Crippen MR) is 101 cm³/mol. The third-order valence-electron chi connectivity index (χ3n) is 5.67. The number of likely N-dealkylation sites (tertiary alicyclic amines) is 1. The summed E-state index contributed by atoms with van der Waals surface area (Å²) < 4.78 is 10.3. The molecule has 1 N–H and O–H groups in total. The summed E-state index contributed by atoms with van der Waals surface area (Å²) in [6, 6.07) is 5.55. The van der Waals surface area contributed by atoms with E-state index in [9.17, 15) is 24.3 Å². The number of rotatable bonds is 5. The van der Waals surface area contributed by atoms with Crippen LogP contribution in [0.3, 0.4) is 0 Å². The number of fused-ring (bicyclic) bond motifs is 2. The second-order valence-electron chi connectivity index (χ2n) is 7.51. The lowest BCUT2D eigenvalue weighted by atomic mass is 9.81. The molecule has 8 heteroatoms. The number of imide groups is 1. The minimum atomic E-state index is -0.620. The number of hydrogen-bond acceptors (Lipinski definition) is 7. The number of phenolic OH excluding ortho intramolecular Hbond substituents is 1. The van der Waals surface area contributed by atoms with Crippen molar-refractivity contribution in [1.29, 1.82) is 0 Å². The Morgan fingerprint density at radius 2 is 1.79 bits per heavy atom. The van der Waals surface area contributed by atoms with Crippen molar-refractivity contribution in [1.82, 2.24) is 4.90 Å². The van der Waals surface area contributed by atoms with Crippen molar-refractivity contribution in [2.45, 2.75) is 38.7 Å². The maximum atomic E-state index is 12.4. The highest BCUT2D eigenvalue weighted by atomic mass is 16.5. The summed E-state index contributed by atoms with van der Waals surface area (Å²) in [4.78, 5) is 49.9. The highest BCUT2D eigenvalue weighted by Crippen LogP contribution is 2.38. The largest absolute Gasteiger partial charge is 0.508 e. The van der Waals surface area contributed by atoms with E-state index in [1.807, 2.05) is 0 Å². The quantitative estimate of drug-likeness (QED) is 0.465. The van der Waals surface area contributed by atoms with E-state index >= 15 is 0 Å². The molecule has 8 nitrogen and oxygen atoms in total. The number of carbonyl (C=O) groups excluding carboxylic acids is 3. The second kappa shape index (κ2) is 7.69. The number of amides is 2. The summed E-state index contributed by atoms with van der Waals surface area (Å²) in [5.41, 5.74) is 0.0216. The first-order valence-corrected chi connectivity index (χ1v) is 9.70. The smallest absolute Gasteiger partial charge is 0.336 e. The van der Waals surface area contributed by atoms with Gasteiger partial charge >= 0.3 is 11.6 Å². The number of hydrogen-bond donors (Lipinski definition) is 1. The molecule has 2 atom stereocenters. The van der Waals surface area contributed by atoms with Gasteiger partial charge in [-0.1, -0.05) is 12.8 Å². The maximum Gasteiger partial charge on any atom is 0.336 e. The molecule has 2 amide bonds. The van der Waals surface area contributed by atoms with Gasteiger partial charge in [-0.25, -0.2) is 4.79 Å². The third-order valence-corrected chi connectivity index (χ3v) is 5.67. The highest BCUT2D eigenvalue weighted by molar-refractivity contribution is 6.05. The van der Waals surface area contributed by atoms with Gasteiger partial charge in [-0.05, 0) is 25.0 Å². The van der Waals surface area contributed by atoms with Gasteiger partial charge < -0.3 is 14.3 Å². The predicted octanol–water partition coefficient (Wildman–Crippen LogP) is 2.11. The van der Waals surface area contributed by atoms with Crippen LogP contribution < -0.4 is 5.63 Å². The molecule has 1 saturated carbocycles. The minimum absolute atomic E-state index is 0.00898. The Kier molecular flexibility index (Phi) is 5.08. The molecule has 2 aromatic rings. The molecule has 1 saturated heterocycles. The van der Waals surface area contributed by atoms with Gasteiger partial charge in [0.15, 0.2) is 0 Å². The fourth-order valence-corrected chi connectivity index (χ4v) is 4.22. The molecular formula is C21H21NO7. The van der Waals surface area contributed by atoms with Crippen LogP contribution in [0.15, 0.2) is 33.5 Å². The molecule has 0 radical (unpaired) electrons. The Bertz CT molecular complexity index is 1020. The lowest BCUT2D eigenvalue weighted by Gasteiger charge is -2.19. The molecule has 152 valence electrons. The number of phenols is 1. The number of nitrogens with zero attached hydrogens (tertiary/aromatic N) is 1. The summed E-state index contributed by atoms with van der Waals surface area (Å²) in [6.45, 7) is -0.145. The van der Waals surface area contributed by atoms with Crippen molar-refractivity contribution in [2.75, 3.05) is 6.54 Å². The average Bonchev–Trinajstić information content (AvgIpc) is 2.94. The number of aromatic hydroxyl groups is 1. The molecule has 2 aliphatic rings. The Morgan fingerprint density at radius 1 is 1.10 bits per heavy atom. The molecule has 0 unspecified atom stereocenters. The van der Waals surface area contributed by atoms with Gasteiger partial charge in [-0.15, -0.1) is 0 Å². The monoisotopic (exact) mass is 399 g/mol. The van der Waals surface area contributed by atoms with Gasteiger partial charge in [0.25, 0.3) is 0 Å². The lowest BCUT2D eigenvalue weighted by molar-refractivity contribution is -0.146. The summed E-state index contributed by atoms with van der Waals surface area (Å²) in [6.07, 6.45) is 3.27. The summed E-state index contributed by atoms with van der Waals surface area (Å²) >= 11 is 0. The minimum Gasteiger partial charge on any atom is -0.508 e. The van der Waals surface area contributed by atoms with Crippen molar-refractivity contribution >= 4 is 28.8 Å². The normalized spacial score (nSPS) is 21.4. The van der Waals surface area contributed by atoms with E-state index in [1.165, 1.54) is 23.1 Å². The first kappa shape index (κ1) is 19.2. The Labute approximate surface area is 166 Å². The van der Waals surface area contributed by atoms with Crippen molar-refractivity contribution < 1.29 is 28.6 Å². The van der Waals surface area contributed by atoms with Crippen LogP contribution in [0.4, 0.5) is 0 Å². The van der Waals surface area contributed by atoms with Crippen LogP contribution in [0.2, 0.25) is 0 Å². The van der Waals surface area contributed by atoms with Crippen molar-refractivity contribution in [3.8, 4) is 5.75 Å². The fourth-order valence-electron chi connectivity index (χ4n) is 4.22. The molecule has 2 heterocycles. The zero-order chi connectivity index (χ0) is 20.5. The van der Waals surface area contributed by atoms with Gasteiger partial charge in [0.05, 0.1) is 18.3 Å². The lowest BCUT2D eigenvalue weighted by Crippen LogP contribution is -2.33. The molecule has 0 spiro atoms. The van der Waals surface area contributed by atoms with Crippen LogP contribution in [0, 0.1) is 11.8 Å². The van der Waals surface area contributed by atoms with Crippen LogP contribution in [0.1, 0.15) is 37.7 Å². The van der Waals surface area contributed by atoms with E-state index in [-0.39, 0.29) is 54.6 Å². The highest BCUT2D eigenvalue weighted by Gasteiger charge is 2.47. The molecule has 1 aromatic carbocycles. The van der Waals surface area contributed by atoms with Gasteiger partial charge in [-0.3, -0.25) is 19.3 Å². The van der Waals surface area contributed by atoms with Crippen molar-refractivity contribution in [3.05, 3.63) is 40.2 Å². The van der Waals surface area contributed by atoms with Gasteiger partial charge in [-0.2, -0.15) is 0 Å². The van der Waals surface area contributed by atoms with E-state index in [2.05, 4.69) is 0 Å². The zero-order valence-electron chi connectivity index (χ0n) is 15.8. The summed E-state index contributed by atoms with van der Waals surface area (Å²) in [7, 11) is 0. The summed E-state index contributed by atoms with van der Waals surface area (Å²) in [5, 5.41) is 10.1. The molecule has 29 heavy (non-hydrogen) atoms. The second-order valence-corrected chi connectivity index (χ2v) is 7.51. The van der Waals surface area contributed by atoms with Crippen LogP contribution in [0.5, 0.6) is 5.75 Å². The fraction of sp³-hybridized carbons (Fsp3) is 0.429. The van der Waals surface area contributed by atoms with E-state index < -0.39 is 11.6 Å². The topological polar surface area (TPSA) is 114 Å².